The fraction of sp³-hybridized carbons (Fsp3) is 0.722. The zero-order valence-corrected chi connectivity index (χ0v) is 31.2. The van der Waals surface area contributed by atoms with Crippen LogP contribution in [0.15, 0.2) is 30.3 Å². The summed E-state index contributed by atoms with van der Waals surface area (Å²) in [6, 6.07) is 7.85. The lowest BCUT2D eigenvalue weighted by molar-refractivity contribution is -0.157. The lowest BCUT2D eigenvalue weighted by Gasteiger charge is -2.29. The standard InChI is InChI=1S/C36H55Cl3N2O8/c1-2-3-4-5-6-7-8-9-10-11-15-19-30(26-33(43)48-28-36(37,38)39)49-34(44)31(40-35(45)41-22-24-46-25-23-41)20-16-21-32(42)47-27-29-17-13-12-14-18-29/h12-14,17-18,30-31H,2-11,15-16,19-28H2,1H3,(H,40,45)/t30-,31-/m0/s1. The molecule has 10 nitrogen and oxygen atoms in total. The van der Waals surface area contributed by atoms with E-state index < -0.39 is 46.5 Å². The third-order valence-electron chi connectivity index (χ3n) is 8.20. The van der Waals surface area contributed by atoms with E-state index in [1.807, 2.05) is 30.3 Å². The van der Waals surface area contributed by atoms with E-state index in [0.29, 0.717) is 32.7 Å². The molecule has 1 aromatic rings. The number of carbonyl (C=O) groups is 4. The molecule has 0 aliphatic carbocycles. The molecule has 2 amide bonds. The van der Waals surface area contributed by atoms with Crippen LogP contribution in [0.1, 0.15) is 115 Å². The van der Waals surface area contributed by atoms with Crippen LogP contribution in [-0.2, 0) is 39.9 Å². The molecule has 1 fully saturated rings. The van der Waals surface area contributed by atoms with Crippen molar-refractivity contribution in [3.63, 3.8) is 0 Å². The maximum atomic E-state index is 13.5. The Morgan fingerprint density at radius 3 is 2.04 bits per heavy atom. The van der Waals surface area contributed by atoms with E-state index in [-0.39, 0.29) is 32.3 Å². The monoisotopic (exact) mass is 748 g/mol. The van der Waals surface area contributed by atoms with Gasteiger partial charge in [0.05, 0.1) is 19.6 Å². The normalized spacial score (nSPS) is 14.5. The average molecular weight is 750 g/mol. The second kappa shape index (κ2) is 25.6. The summed E-state index contributed by atoms with van der Waals surface area (Å²) in [4.78, 5) is 53.2. The molecular formula is C36H55Cl3N2O8. The number of nitrogens with one attached hydrogen (secondary N) is 1. The summed E-state index contributed by atoms with van der Waals surface area (Å²) in [5.74, 6) is -1.77. The number of nitrogens with zero attached hydrogens (tertiary/aromatic N) is 1. The maximum absolute atomic E-state index is 13.5. The highest BCUT2D eigenvalue weighted by molar-refractivity contribution is 6.67. The molecule has 0 radical (unpaired) electrons. The van der Waals surface area contributed by atoms with Crippen molar-refractivity contribution in [2.75, 3.05) is 32.9 Å². The molecule has 1 N–H and O–H groups in total. The van der Waals surface area contributed by atoms with Crippen molar-refractivity contribution in [2.45, 2.75) is 132 Å². The molecule has 1 heterocycles. The van der Waals surface area contributed by atoms with Crippen molar-refractivity contribution in [1.82, 2.24) is 10.2 Å². The Labute approximate surface area is 307 Å². The number of esters is 3. The molecule has 13 heteroatoms. The van der Waals surface area contributed by atoms with Crippen molar-refractivity contribution in [2.24, 2.45) is 0 Å². The van der Waals surface area contributed by atoms with E-state index in [1.54, 1.807) is 4.90 Å². The van der Waals surface area contributed by atoms with Crippen LogP contribution in [0.5, 0.6) is 0 Å². The number of morpholine rings is 1. The van der Waals surface area contributed by atoms with Gasteiger partial charge in [-0.05, 0) is 31.2 Å². The van der Waals surface area contributed by atoms with E-state index in [2.05, 4.69) is 12.2 Å². The van der Waals surface area contributed by atoms with Crippen LogP contribution in [0.25, 0.3) is 0 Å². The van der Waals surface area contributed by atoms with Gasteiger partial charge in [-0.1, -0.05) is 136 Å². The first kappa shape index (κ1) is 42.9. The first-order chi connectivity index (χ1) is 23.6. The van der Waals surface area contributed by atoms with Crippen LogP contribution in [0.3, 0.4) is 0 Å². The van der Waals surface area contributed by atoms with E-state index in [9.17, 15) is 19.2 Å². The van der Waals surface area contributed by atoms with Crippen LogP contribution in [0.2, 0.25) is 0 Å². The van der Waals surface area contributed by atoms with Gasteiger partial charge in [-0.2, -0.15) is 0 Å². The summed E-state index contributed by atoms with van der Waals surface area (Å²) in [7, 11) is 0. The topological polar surface area (TPSA) is 120 Å². The van der Waals surface area contributed by atoms with Gasteiger partial charge in [-0.15, -0.1) is 0 Å². The van der Waals surface area contributed by atoms with Crippen LogP contribution in [0, 0.1) is 0 Å². The minimum Gasteiger partial charge on any atom is -0.461 e. The number of ether oxygens (including phenoxy) is 4. The van der Waals surface area contributed by atoms with Crippen molar-refractivity contribution in [3.8, 4) is 0 Å². The van der Waals surface area contributed by atoms with Crippen molar-refractivity contribution >= 4 is 58.7 Å². The highest BCUT2D eigenvalue weighted by atomic mass is 35.6. The van der Waals surface area contributed by atoms with Crippen LogP contribution < -0.4 is 5.32 Å². The zero-order chi connectivity index (χ0) is 35.7. The quantitative estimate of drug-likeness (QED) is 0.0486. The molecule has 0 spiro atoms. The maximum Gasteiger partial charge on any atom is 0.328 e. The predicted molar refractivity (Wildman–Crippen MR) is 192 cm³/mol. The van der Waals surface area contributed by atoms with Crippen molar-refractivity contribution < 1.29 is 38.1 Å². The molecule has 1 aliphatic rings. The second-order valence-corrected chi connectivity index (χ2v) is 15.0. The highest BCUT2D eigenvalue weighted by Gasteiger charge is 2.30. The summed E-state index contributed by atoms with van der Waals surface area (Å²) >= 11 is 17.2. The van der Waals surface area contributed by atoms with E-state index in [4.69, 9.17) is 53.8 Å². The summed E-state index contributed by atoms with van der Waals surface area (Å²) in [6.45, 7) is 3.49. The van der Waals surface area contributed by atoms with Gasteiger partial charge in [-0.3, -0.25) is 9.59 Å². The largest absolute Gasteiger partial charge is 0.461 e. The van der Waals surface area contributed by atoms with Crippen molar-refractivity contribution in [3.05, 3.63) is 35.9 Å². The van der Waals surface area contributed by atoms with E-state index >= 15 is 0 Å². The Bertz CT molecular complexity index is 1080. The third kappa shape index (κ3) is 21.5. The Morgan fingerprint density at radius 2 is 1.43 bits per heavy atom. The van der Waals surface area contributed by atoms with Gasteiger partial charge >= 0.3 is 23.9 Å². The number of carbonyl (C=O) groups excluding carboxylic acids is 4. The first-order valence-electron chi connectivity index (χ1n) is 17.8. The SMILES string of the molecule is CCCCCCCCCCCCC[C@@H](CC(=O)OCC(Cl)(Cl)Cl)OC(=O)[C@H](CCCC(=O)OCc1ccccc1)NC(=O)N1CCOCC1. The van der Waals surface area contributed by atoms with Crippen LogP contribution in [0.4, 0.5) is 4.79 Å². The zero-order valence-electron chi connectivity index (χ0n) is 28.9. The molecule has 2 rings (SSSR count). The number of halogens is 3. The highest BCUT2D eigenvalue weighted by Crippen LogP contribution is 2.26. The Kier molecular flexibility index (Phi) is 22.5. The summed E-state index contributed by atoms with van der Waals surface area (Å²) in [5, 5.41) is 2.77. The average Bonchev–Trinajstić information content (AvgIpc) is 3.08. The fourth-order valence-corrected chi connectivity index (χ4v) is 5.57. The molecule has 1 aliphatic heterocycles. The van der Waals surface area contributed by atoms with Gasteiger partial charge in [0.25, 0.3) is 0 Å². The lowest BCUT2D eigenvalue weighted by atomic mass is 10.0. The summed E-state index contributed by atoms with van der Waals surface area (Å²) in [6.07, 6.45) is 12.6. The van der Waals surface area contributed by atoms with E-state index in [1.165, 1.54) is 44.9 Å². The first-order valence-corrected chi connectivity index (χ1v) is 19.0. The minimum atomic E-state index is -1.77. The predicted octanol–water partition coefficient (Wildman–Crippen LogP) is 8.23. The number of unbranched alkanes of at least 4 members (excludes halogenated alkanes) is 10. The van der Waals surface area contributed by atoms with Crippen LogP contribution in [-0.4, -0.2) is 77.7 Å². The second-order valence-electron chi connectivity index (χ2n) is 12.5. The van der Waals surface area contributed by atoms with Crippen molar-refractivity contribution in [1.29, 1.82) is 0 Å². The molecule has 0 bridgehead atoms. The lowest BCUT2D eigenvalue weighted by Crippen LogP contribution is -2.52. The van der Waals surface area contributed by atoms with Gasteiger partial charge in [0, 0.05) is 19.5 Å². The fourth-order valence-electron chi connectivity index (χ4n) is 5.41. The number of rotatable bonds is 24. The molecule has 0 unspecified atom stereocenters. The Morgan fingerprint density at radius 1 is 0.816 bits per heavy atom. The number of benzene rings is 1. The number of amides is 2. The molecule has 278 valence electrons. The van der Waals surface area contributed by atoms with Gasteiger partial charge in [0.2, 0.25) is 3.79 Å². The summed E-state index contributed by atoms with van der Waals surface area (Å²) < 4.78 is 19.9. The Hall–Kier alpha value is -2.27. The van der Waals surface area contributed by atoms with Crippen LogP contribution >= 0.6 is 34.8 Å². The van der Waals surface area contributed by atoms with E-state index in [0.717, 1.165) is 31.2 Å². The third-order valence-corrected chi connectivity index (χ3v) is 8.53. The molecule has 49 heavy (non-hydrogen) atoms. The molecule has 2 atom stereocenters. The Balaban J connectivity index is 1.95. The smallest absolute Gasteiger partial charge is 0.328 e. The molecule has 0 saturated carbocycles. The number of urea groups is 1. The molecular weight excluding hydrogens is 695 g/mol. The van der Waals surface area contributed by atoms with Gasteiger partial charge in [-0.25, -0.2) is 9.59 Å². The molecule has 1 saturated heterocycles. The van der Waals surface area contributed by atoms with Gasteiger partial charge < -0.3 is 29.2 Å². The molecule has 0 aromatic heterocycles. The number of hydrogen-bond donors (Lipinski definition) is 1. The molecule has 1 aromatic carbocycles. The van der Waals surface area contributed by atoms with Gasteiger partial charge in [0.15, 0.2) is 0 Å². The number of hydrogen-bond acceptors (Lipinski definition) is 8. The van der Waals surface area contributed by atoms with Gasteiger partial charge in [0.1, 0.15) is 25.4 Å². The minimum absolute atomic E-state index is 0.0512. The number of alkyl halides is 3. The summed E-state index contributed by atoms with van der Waals surface area (Å²) in [5.41, 5.74) is 0.867.